The third kappa shape index (κ3) is 3.73. The van der Waals surface area contributed by atoms with Crippen molar-refractivity contribution in [1.29, 1.82) is 0 Å². The lowest BCUT2D eigenvalue weighted by Gasteiger charge is -2.08. The molecule has 5 heteroatoms. The molecule has 1 N–H and O–H groups in total. The van der Waals surface area contributed by atoms with E-state index in [2.05, 4.69) is 5.32 Å². The number of nitrogens with one attached hydrogen (secondary N) is 1. The average Bonchev–Trinajstić information content (AvgIpc) is 2.38. The SMILES string of the molecule is O=C(Cc1ccc(F)cc1)Nc1cccc(F)c1I. The third-order valence-corrected chi connectivity index (χ3v) is 3.60. The van der Waals surface area contributed by atoms with Gasteiger partial charge < -0.3 is 5.32 Å². The van der Waals surface area contributed by atoms with E-state index in [0.717, 1.165) is 0 Å². The molecule has 0 saturated heterocycles. The second kappa shape index (κ2) is 6.10. The third-order valence-electron chi connectivity index (χ3n) is 2.50. The van der Waals surface area contributed by atoms with E-state index >= 15 is 0 Å². The first kappa shape index (κ1) is 13.9. The van der Waals surface area contributed by atoms with Crippen LogP contribution in [0, 0.1) is 15.2 Å². The number of amides is 1. The molecule has 0 saturated carbocycles. The largest absolute Gasteiger partial charge is 0.325 e. The molecular weight excluding hydrogens is 363 g/mol. The van der Waals surface area contributed by atoms with Gasteiger partial charge in [-0.2, -0.15) is 0 Å². The fraction of sp³-hybridized carbons (Fsp3) is 0.0714. The number of benzene rings is 2. The van der Waals surface area contributed by atoms with E-state index in [1.165, 1.54) is 24.3 Å². The van der Waals surface area contributed by atoms with Crippen LogP contribution in [0.3, 0.4) is 0 Å². The predicted octanol–water partition coefficient (Wildman–Crippen LogP) is 3.75. The van der Waals surface area contributed by atoms with Crippen molar-refractivity contribution < 1.29 is 13.6 Å². The Kier molecular flexibility index (Phi) is 4.47. The highest BCUT2D eigenvalue weighted by Gasteiger charge is 2.09. The number of halogens is 3. The van der Waals surface area contributed by atoms with Crippen LogP contribution in [0.5, 0.6) is 0 Å². The minimum absolute atomic E-state index is 0.118. The number of carbonyl (C=O) groups excluding carboxylic acids is 1. The molecule has 2 nitrogen and oxygen atoms in total. The monoisotopic (exact) mass is 373 g/mol. The second-order valence-electron chi connectivity index (χ2n) is 3.95. The highest BCUT2D eigenvalue weighted by Crippen LogP contribution is 2.21. The Morgan fingerprint density at radius 2 is 1.79 bits per heavy atom. The summed E-state index contributed by atoms with van der Waals surface area (Å²) in [5.41, 5.74) is 1.14. The van der Waals surface area contributed by atoms with Gasteiger partial charge >= 0.3 is 0 Å². The van der Waals surface area contributed by atoms with Gasteiger partial charge in [-0.25, -0.2) is 8.78 Å². The Hall–Kier alpha value is -1.50. The Balaban J connectivity index is 2.05. The first-order chi connectivity index (χ1) is 9.06. The molecule has 2 aromatic rings. The summed E-state index contributed by atoms with van der Waals surface area (Å²) >= 11 is 1.83. The molecule has 0 unspecified atom stereocenters. The molecule has 0 spiro atoms. The quantitative estimate of drug-likeness (QED) is 0.816. The van der Waals surface area contributed by atoms with Gasteiger partial charge in [-0.05, 0) is 52.4 Å². The maximum absolute atomic E-state index is 13.3. The van der Waals surface area contributed by atoms with Crippen LogP contribution in [-0.4, -0.2) is 5.91 Å². The molecule has 0 fully saturated rings. The number of carbonyl (C=O) groups is 1. The van der Waals surface area contributed by atoms with E-state index in [-0.39, 0.29) is 24.0 Å². The van der Waals surface area contributed by atoms with Crippen LogP contribution in [0.2, 0.25) is 0 Å². The smallest absolute Gasteiger partial charge is 0.228 e. The zero-order valence-electron chi connectivity index (χ0n) is 9.79. The molecule has 0 bridgehead atoms. The maximum atomic E-state index is 13.3. The Labute approximate surface area is 123 Å². The summed E-state index contributed by atoms with van der Waals surface area (Å²) in [4.78, 5) is 11.8. The molecule has 1 amide bonds. The van der Waals surface area contributed by atoms with E-state index in [4.69, 9.17) is 0 Å². The lowest BCUT2D eigenvalue weighted by molar-refractivity contribution is -0.115. The van der Waals surface area contributed by atoms with Gasteiger partial charge in [-0.1, -0.05) is 18.2 Å². The maximum Gasteiger partial charge on any atom is 0.228 e. The molecule has 2 aromatic carbocycles. The molecule has 98 valence electrons. The van der Waals surface area contributed by atoms with E-state index in [0.29, 0.717) is 14.8 Å². The molecular formula is C14H10F2INO. The van der Waals surface area contributed by atoms with Crippen LogP contribution in [-0.2, 0) is 11.2 Å². The van der Waals surface area contributed by atoms with Crippen LogP contribution in [0.4, 0.5) is 14.5 Å². The first-order valence-electron chi connectivity index (χ1n) is 5.54. The van der Waals surface area contributed by atoms with Crippen molar-refractivity contribution in [3.05, 3.63) is 63.2 Å². The number of rotatable bonds is 3. The van der Waals surface area contributed by atoms with E-state index in [1.807, 2.05) is 22.6 Å². The minimum Gasteiger partial charge on any atom is -0.325 e. The molecule has 19 heavy (non-hydrogen) atoms. The summed E-state index contributed by atoms with van der Waals surface area (Å²) in [5.74, 6) is -0.987. The molecule has 0 atom stereocenters. The Morgan fingerprint density at radius 1 is 1.11 bits per heavy atom. The zero-order valence-corrected chi connectivity index (χ0v) is 11.9. The summed E-state index contributed by atoms with van der Waals surface area (Å²) in [5, 5.41) is 2.63. The van der Waals surface area contributed by atoms with Crippen LogP contribution < -0.4 is 5.32 Å². The van der Waals surface area contributed by atoms with Crippen LogP contribution in [0.1, 0.15) is 5.56 Å². The number of hydrogen-bond acceptors (Lipinski definition) is 1. The molecule has 0 aromatic heterocycles. The van der Waals surface area contributed by atoms with Gasteiger partial charge in [0, 0.05) is 0 Å². The van der Waals surface area contributed by atoms with Gasteiger partial charge in [0.25, 0.3) is 0 Å². The molecule has 0 radical (unpaired) electrons. The van der Waals surface area contributed by atoms with Gasteiger partial charge in [0.15, 0.2) is 0 Å². The molecule has 0 aliphatic carbocycles. The summed E-state index contributed by atoms with van der Waals surface area (Å²) in [7, 11) is 0. The Bertz CT molecular complexity index is 599. The van der Waals surface area contributed by atoms with Crippen molar-refractivity contribution in [1.82, 2.24) is 0 Å². The van der Waals surface area contributed by atoms with Crippen molar-refractivity contribution in [2.45, 2.75) is 6.42 Å². The van der Waals surface area contributed by atoms with Gasteiger partial charge in [-0.3, -0.25) is 4.79 Å². The summed E-state index contributed by atoms with van der Waals surface area (Å²) in [6.45, 7) is 0. The van der Waals surface area contributed by atoms with Crippen molar-refractivity contribution >= 4 is 34.2 Å². The lowest BCUT2D eigenvalue weighted by atomic mass is 10.1. The highest BCUT2D eigenvalue weighted by atomic mass is 127. The van der Waals surface area contributed by atoms with E-state index in [9.17, 15) is 13.6 Å². The number of anilines is 1. The van der Waals surface area contributed by atoms with Crippen molar-refractivity contribution in [2.75, 3.05) is 5.32 Å². The van der Waals surface area contributed by atoms with Crippen molar-refractivity contribution in [2.24, 2.45) is 0 Å². The normalized spacial score (nSPS) is 10.3. The van der Waals surface area contributed by atoms with Gasteiger partial charge in [0.2, 0.25) is 5.91 Å². The molecule has 0 heterocycles. The van der Waals surface area contributed by atoms with Crippen LogP contribution in [0.15, 0.2) is 42.5 Å². The molecule has 0 aliphatic rings. The second-order valence-corrected chi connectivity index (χ2v) is 5.03. The summed E-state index contributed by atoms with van der Waals surface area (Å²) in [6, 6.07) is 10.2. The highest BCUT2D eigenvalue weighted by molar-refractivity contribution is 14.1. The average molecular weight is 373 g/mol. The van der Waals surface area contributed by atoms with E-state index < -0.39 is 0 Å². The minimum atomic E-state index is -0.375. The standard InChI is InChI=1S/C14H10F2INO/c15-10-6-4-9(5-7-10)8-13(19)18-12-3-1-2-11(16)14(12)17/h1-7H,8H2,(H,18,19). The van der Waals surface area contributed by atoms with Gasteiger partial charge in [-0.15, -0.1) is 0 Å². The fourth-order valence-electron chi connectivity index (χ4n) is 1.58. The fourth-order valence-corrected chi connectivity index (χ4v) is 2.08. The van der Waals surface area contributed by atoms with Crippen LogP contribution in [0.25, 0.3) is 0 Å². The van der Waals surface area contributed by atoms with E-state index in [1.54, 1.807) is 18.2 Å². The van der Waals surface area contributed by atoms with Crippen molar-refractivity contribution in [3.63, 3.8) is 0 Å². The Morgan fingerprint density at radius 3 is 2.47 bits per heavy atom. The zero-order chi connectivity index (χ0) is 13.8. The van der Waals surface area contributed by atoms with Gasteiger partial charge in [0.1, 0.15) is 11.6 Å². The van der Waals surface area contributed by atoms with Crippen molar-refractivity contribution in [3.8, 4) is 0 Å². The van der Waals surface area contributed by atoms with Gasteiger partial charge in [0.05, 0.1) is 15.7 Å². The molecule has 2 rings (SSSR count). The molecule has 0 aliphatic heterocycles. The summed E-state index contributed by atoms with van der Waals surface area (Å²) in [6.07, 6.45) is 0.118. The number of hydrogen-bond donors (Lipinski definition) is 1. The topological polar surface area (TPSA) is 29.1 Å². The predicted molar refractivity (Wildman–Crippen MR) is 77.9 cm³/mol. The summed E-state index contributed by atoms with van der Waals surface area (Å²) < 4.78 is 26.4. The van der Waals surface area contributed by atoms with Crippen LogP contribution >= 0.6 is 22.6 Å². The lowest BCUT2D eigenvalue weighted by Crippen LogP contribution is -2.15. The first-order valence-corrected chi connectivity index (χ1v) is 6.62.